The number of nitrogens with zero attached hydrogens (tertiary/aromatic N) is 3. The molecule has 1 aliphatic rings. The molecule has 0 aliphatic carbocycles. The Balaban J connectivity index is 1.43. The summed E-state index contributed by atoms with van der Waals surface area (Å²) >= 11 is 5.97. The van der Waals surface area contributed by atoms with Gasteiger partial charge in [-0.1, -0.05) is 54.8 Å². The fourth-order valence-electron chi connectivity index (χ4n) is 3.64. The molecular weight excluding hydrogens is 402 g/mol. The summed E-state index contributed by atoms with van der Waals surface area (Å²) < 4.78 is 0. The third-order valence-electron chi connectivity index (χ3n) is 5.66. The van der Waals surface area contributed by atoms with Crippen LogP contribution in [0.4, 0.5) is 0 Å². The van der Waals surface area contributed by atoms with Gasteiger partial charge in [0.15, 0.2) is 0 Å². The second kappa shape index (κ2) is 10.4. The molecule has 3 heterocycles. The Morgan fingerprint density at radius 2 is 1.77 bits per heavy atom. The maximum atomic E-state index is 5.97. The summed E-state index contributed by atoms with van der Waals surface area (Å²) in [7, 11) is 0. The van der Waals surface area contributed by atoms with Gasteiger partial charge in [-0.2, -0.15) is 0 Å². The monoisotopic (exact) mass is 427 g/mol. The molecule has 1 fully saturated rings. The van der Waals surface area contributed by atoms with Gasteiger partial charge >= 0.3 is 0 Å². The average molecular weight is 428 g/mol. The second-order valence-electron chi connectivity index (χ2n) is 8.04. The zero-order chi connectivity index (χ0) is 21.5. The topological polar surface area (TPSA) is 29.0 Å². The molecule has 156 valence electrons. The molecule has 0 saturated carbocycles. The van der Waals surface area contributed by atoms with Gasteiger partial charge in [0.25, 0.3) is 0 Å². The molecule has 0 N–H and O–H groups in total. The zero-order valence-electron chi connectivity index (χ0n) is 17.8. The summed E-state index contributed by atoms with van der Waals surface area (Å²) in [4.78, 5) is 11.3. The Hall–Kier alpha value is -2.93. The molecule has 0 radical (unpaired) electrons. The third kappa shape index (κ3) is 6.04. The first kappa shape index (κ1) is 21.3. The molecular formula is C27H26ClN3. The predicted molar refractivity (Wildman–Crippen MR) is 129 cm³/mol. The number of piperidine rings is 1. The van der Waals surface area contributed by atoms with Crippen molar-refractivity contribution < 1.29 is 0 Å². The van der Waals surface area contributed by atoms with Crippen molar-refractivity contribution in [3.63, 3.8) is 0 Å². The van der Waals surface area contributed by atoms with Crippen LogP contribution in [-0.2, 0) is 0 Å². The van der Waals surface area contributed by atoms with E-state index in [4.69, 9.17) is 11.6 Å². The predicted octanol–water partition coefficient (Wildman–Crippen LogP) is 5.94. The van der Waals surface area contributed by atoms with Gasteiger partial charge in [0, 0.05) is 35.7 Å². The minimum atomic E-state index is 0.728. The molecule has 4 rings (SSSR count). The summed E-state index contributed by atoms with van der Waals surface area (Å²) in [6.07, 6.45) is 12.4. The summed E-state index contributed by atoms with van der Waals surface area (Å²) in [6, 6.07) is 13.7. The van der Waals surface area contributed by atoms with Crippen molar-refractivity contribution in [3.05, 3.63) is 89.0 Å². The molecule has 0 bridgehead atoms. The van der Waals surface area contributed by atoms with Gasteiger partial charge in [0.1, 0.15) is 5.69 Å². The maximum absolute atomic E-state index is 5.97. The van der Waals surface area contributed by atoms with E-state index in [2.05, 4.69) is 45.8 Å². The van der Waals surface area contributed by atoms with Crippen LogP contribution in [0.1, 0.15) is 36.6 Å². The minimum absolute atomic E-state index is 0.728. The van der Waals surface area contributed by atoms with Crippen LogP contribution in [0.15, 0.2) is 67.1 Å². The Bertz CT molecular complexity index is 1080. The molecule has 2 aromatic heterocycles. The van der Waals surface area contributed by atoms with Gasteiger partial charge in [0.05, 0.1) is 5.56 Å². The number of likely N-dealkylation sites (tertiary alicyclic amines) is 1. The summed E-state index contributed by atoms with van der Waals surface area (Å²) in [5.74, 6) is 7.26. The zero-order valence-corrected chi connectivity index (χ0v) is 18.5. The Kier molecular flexibility index (Phi) is 7.14. The van der Waals surface area contributed by atoms with Crippen LogP contribution in [0.25, 0.3) is 17.2 Å². The highest BCUT2D eigenvalue weighted by Crippen LogP contribution is 2.21. The lowest BCUT2D eigenvalue weighted by atomic mass is 9.99. The smallest absolute Gasteiger partial charge is 0.113 e. The van der Waals surface area contributed by atoms with Crippen molar-refractivity contribution in [1.29, 1.82) is 0 Å². The number of halogens is 1. The standard InChI is InChI=1S/C27H26ClN3/c1-21-13-17-31(18-14-21)16-2-3-22-12-15-29-19-24(22)6-10-27-11-7-25(20-30-27)23-4-8-26(28)9-5-23/h2-5,7-9,11-12,15,19-21H,13-14,16-18H2,1H3. The highest BCUT2D eigenvalue weighted by Gasteiger charge is 2.13. The van der Waals surface area contributed by atoms with Gasteiger partial charge in [0.2, 0.25) is 0 Å². The van der Waals surface area contributed by atoms with Gasteiger partial charge in [-0.3, -0.25) is 9.88 Å². The molecule has 1 aliphatic heterocycles. The van der Waals surface area contributed by atoms with Crippen LogP contribution >= 0.6 is 11.6 Å². The van der Waals surface area contributed by atoms with Crippen molar-refractivity contribution in [2.75, 3.05) is 19.6 Å². The molecule has 1 aromatic carbocycles. The van der Waals surface area contributed by atoms with E-state index in [0.29, 0.717) is 0 Å². The van der Waals surface area contributed by atoms with Gasteiger partial charge < -0.3 is 0 Å². The summed E-state index contributed by atoms with van der Waals surface area (Å²) in [5.41, 5.74) is 4.86. The number of benzene rings is 1. The van der Waals surface area contributed by atoms with E-state index in [9.17, 15) is 0 Å². The quantitative estimate of drug-likeness (QED) is 0.482. The molecule has 0 spiro atoms. The fourth-order valence-corrected chi connectivity index (χ4v) is 3.77. The fraction of sp³-hybridized carbons (Fsp3) is 0.259. The Morgan fingerprint density at radius 1 is 1.00 bits per heavy atom. The second-order valence-corrected chi connectivity index (χ2v) is 8.47. The van der Waals surface area contributed by atoms with E-state index in [1.807, 2.05) is 61.1 Å². The van der Waals surface area contributed by atoms with Gasteiger partial charge in [-0.05, 0) is 73.2 Å². The first-order valence-electron chi connectivity index (χ1n) is 10.7. The van der Waals surface area contributed by atoms with Crippen LogP contribution < -0.4 is 0 Å². The van der Waals surface area contributed by atoms with Gasteiger partial charge in [-0.25, -0.2) is 4.98 Å². The lowest BCUT2D eigenvalue weighted by Crippen LogP contribution is -2.32. The van der Waals surface area contributed by atoms with Crippen molar-refractivity contribution >= 4 is 17.7 Å². The van der Waals surface area contributed by atoms with E-state index >= 15 is 0 Å². The third-order valence-corrected chi connectivity index (χ3v) is 5.91. The van der Waals surface area contributed by atoms with Crippen LogP contribution in [-0.4, -0.2) is 34.5 Å². The molecule has 0 unspecified atom stereocenters. The van der Waals surface area contributed by atoms with E-state index in [0.717, 1.165) is 45.4 Å². The minimum Gasteiger partial charge on any atom is -0.300 e. The van der Waals surface area contributed by atoms with Gasteiger partial charge in [-0.15, -0.1) is 0 Å². The molecule has 3 aromatic rings. The molecule has 0 atom stereocenters. The number of hydrogen-bond acceptors (Lipinski definition) is 3. The average Bonchev–Trinajstić information content (AvgIpc) is 2.81. The lowest BCUT2D eigenvalue weighted by Gasteiger charge is -2.29. The van der Waals surface area contributed by atoms with Crippen molar-refractivity contribution in [2.45, 2.75) is 19.8 Å². The number of pyridine rings is 2. The highest BCUT2D eigenvalue weighted by atomic mass is 35.5. The first-order chi connectivity index (χ1) is 15.2. The maximum Gasteiger partial charge on any atom is 0.113 e. The normalized spacial score (nSPS) is 15.0. The summed E-state index contributed by atoms with van der Waals surface area (Å²) in [5, 5.41) is 0.728. The van der Waals surface area contributed by atoms with Crippen molar-refractivity contribution in [1.82, 2.24) is 14.9 Å². The van der Waals surface area contributed by atoms with Crippen molar-refractivity contribution in [2.24, 2.45) is 5.92 Å². The molecule has 0 amide bonds. The summed E-state index contributed by atoms with van der Waals surface area (Å²) in [6.45, 7) is 5.70. The van der Waals surface area contributed by atoms with Crippen LogP contribution in [0.3, 0.4) is 0 Å². The Labute approximate surface area is 189 Å². The lowest BCUT2D eigenvalue weighted by molar-refractivity contribution is 0.210. The Morgan fingerprint density at radius 3 is 2.52 bits per heavy atom. The van der Waals surface area contributed by atoms with E-state index in [1.165, 1.54) is 25.9 Å². The number of rotatable bonds is 4. The van der Waals surface area contributed by atoms with Crippen LogP contribution in [0.2, 0.25) is 5.02 Å². The van der Waals surface area contributed by atoms with E-state index < -0.39 is 0 Å². The molecule has 4 heteroatoms. The molecule has 3 nitrogen and oxygen atoms in total. The largest absolute Gasteiger partial charge is 0.300 e. The SMILES string of the molecule is CC1CCN(CC=Cc2ccncc2C#Cc2ccc(-c3ccc(Cl)cc3)cn2)CC1. The van der Waals surface area contributed by atoms with E-state index in [1.54, 1.807) is 0 Å². The highest BCUT2D eigenvalue weighted by molar-refractivity contribution is 6.30. The molecule has 31 heavy (non-hydrogen) atoms. The molecule has 1 saturated heterocycles. The number of aromatic nitrogens is 2. The van der Waals surface area contributed by atoms with Crippen LogP contribution in [0, 0.1) is 17.8 Å². The van der Waals surface area contributed by atoms with Crippen molar-refractivity contribution in [3.8, 4) is 23.0 Å². The van der Waals surface area contributed by atoms with E-state index in [-0.39, 0.29) is 0 Å². The number of hydrogen-bond donors (Lipinski definition) is 0. The van der Waals surface area contributed by atoms with Crippen LogP contribution in [0.5, 0.6) is 0 Å². The first-order valence-corrected chi connectivity index (χ1v) is 11.1.